The van der Waals surface area contributed by atoms with E-state index in [1.54, 1.807) is 12.1 Å². The molecule has 0 amide bonds. The van der Waals surface area contributed by atoms with Crippen LogP contribution in [0.4, 0.5) is 0 Å². The van der Waals surface area contributed by atoms with Crippen molar-refractivity contribution in [1.29, 1.82) is 0 Å². The Kier molecular flexibility index (Phi) is 0.984. The van der Waals surface area contributed by atoms with Gasteiger partial charge in [0.1, 0.15) is 0 Å². The molecule has 7 heavy (non-hydrogen) atoms. The molecule has 35 valence electrons. The number of hydrogen-bond donors (Lipinski definition) is 0. The van der Waals surface area contributed by atoms with E-state index in [9.17, 15) is 5.11 Å². The predicted octanol–water partition coefficient (Wildman–Crippen LogP) is 1.83. The van der Waals surface area contributed by atoms with Crippen LogP contribution in [-0.4, -0.2) is 0 Å². The summed E-state index contributed by atoms with van der Waals surface area (Å²) in [7, 11) is 0. The van der Waals surface area contributed by atoms with Gasteiger partial charge in [0.2, 0.25) is 0 Å². The zero-order valence-electron chi connectivity index (χ0n) is 3.79. The Morgan fingerprint density at radius 1 is 1.00 bits per heavy atom. The molecule has 0 N–H and O–H groups in total. The van der Waals surface area contributed by atoms with Gasteiger partial charge in [-0.15, -0.1) is 0 Å². The highest BCUT2D eigenvalue weighted by molar-refractivity contribution is 5.18. The van der Waals surface area contributed by atoms with Crippen LogP contribution < -0.4 is 0 Å². The van der Waals surface area contributed by atoms with Gasteiger partial charge in [-0.25, -0.2) is 0 Å². The van der Waals surface area contributed by atoms with Gasteiger partial charge in [0.05, 0.1) is 0 Å². The molecule has 0 spiro atoms. The molecule has 1 nitrogen and oxygen atoms in total. The van der Waals surface area contributed by atoms with Crippen LogP contribution in [0.15, 0.2) is 30.3 Å². The van der Waals surface area contributed by atoms with Crippen molar-refractivity contribution < 1.29 is 5.11 Å². The second kappa shape index (κ2) is 1.65. The fourth-order valence-corrected chi connectivity index (χ4v) is 0.420. The van der Waals surface area contributed by atoms with Crippen molar-refractivity contribution in [2.24, 2.45) is 0 Å². The Bertz CT molecular complexity index is 134. The van der Waals surface area contributed by atoms with E-state index in [2.05, 4.69) is 0 Å². The molecule has 0 aliphatic heterocycles. The van der Waals surface area contributed by atoms with Crippen molar-refractivity contribution in [2.75, 3.05) is 0 Å². The average Bonchev–Trinajstić information content (AvgIpc) is 1.69. The minimum atomic E-state index is 0.0718. The molecular weight excluding hydrogens is 89.1 g/mol. The fourth-order valence-electron chi connectivity index (χ4n) is 0.420. The number of rotatable bonds is 0. The second-order valence-corrected chi connectivity index (χ2v) is 1.31. The van der Waals surface area contributed by atoms with Gasteiger partial charge in [-0.2, -0.15) is 0 Å². The van der Waals surface area contributed by atoms with Gasteiger partial charge >= 0.3 is 0 Å². The lowest BCUT2D eigenvalue weighted by Crippen LogP contribution is -1.54. The van der Waals surface area contributed by atoms with Gasteiger partial charge in [-0.05, 0) is 12.1 Å². The summed E-state index contributed by atoms with van der Waals surface area (Å²) >= 11 is 0. The Labute approximate surface area is 42.2 Å². The molecular formula is C6H5O. The highest BCUT2D eigenvalue weighted by Crippen LogP contribution is 2.04. The van der Waals surface area contributed by atoms with Gasteiger partial charge < -0.3 is 0 Å². The van der Waals surface area contributed by atoms with E-state index in [0.29, 0.717) is 0 Å². The van der Waals surface area contributed by atoms with Gasteiger partial charge in [0.25, 0.3) is 0 Å². The molecule has 0 heterocycles. The topological polar surface area (TPSA) is 19.9 Å². The lowest BCUT2D eigenvalue weighted by atomic mass is 10.5. The number of benzene rings is 1. The molecule has 1 heteroatoms. The van der Waals surface area contributed by atoms with Crippen LogP contribution >= 0.6 is 0 Å². The Balaban J connectivity index is 3.02. The molecule has 0 aliphatic carbocycles. The van der Waals surface area contributed by atoms with Crippen LogP contribution in [-0.2, 0) is 5.11 Å². The summed E-state index contributed by atoms with van der Waals surface area (Å²) < 4.78 is 0. The Morgan fingerprint density at radius 3 is 1.86 bits per heavy atom. The maximum absolute atomic E-state index is 10.3. The van der Waals surface area contributed by atoms with Crippen LogP contribution in [0.1, 0.15) is 0 Å². The molecule has 1 rings (SSSR count). The summed E-state index contributed by atoms with van der Waals surface area (Å²) in [6, 6.07) is 8.33. The highest BCUT2D eigenvalue weighted by atomic mass is 16.3. The smallest absolute Gasteiger partial charge is 0.178 e. The van der Waals surface area contributed by atoms with Crippen molar-refractivity contribution in [2.45, 2.75) is 0 Å². The fraction of sp³-hybridized carbons (Fsp3) is 0. The average molecular weight is 94.1 g/mol. The molecule has 0 saturated carbocycles. The van der Waals surface area contributed by atoms with E-state index >= 15 is 0 Å². The molecule has 1 aromatic carbocycles. The normalized spacial score (nSPS) is 8.57. The summed E-state index contributed by atoms with van der Waals surface area (Å²) in [6.07, 6.45) is 0. The first-order chi connectivity index (χ1) is 3.39. The van der Waals surface area contributed by atoms with Crippen molar-refractivity contribution in [3.8, 4) is 5.75 Å². The van der Waals surface area contributed by atoms with Crippen molar-refractivity contribution in [3.63, 3.8) is 0 Å². The zero-order valence-corrected chi connectivity index (χ0v) is 3.79. The molecule has 1 radical (unpaired) electrons. The van der Waals surface area contributed by atoms with Crippen LogP contribution in [0.3, 0.4) is 0 Å². The van der Waals surface area contributed by atoms with E-state index < -0.39 is 0 Å². The maximum atomic E-state index is 10.3. The SMILES string of the molecule is [O][13c]1ccccc1. The minimum Gasteiger partial charge on any atom is -0.290 e. The first-order valence-corrected chi connectivity index (χ1v) is 2.11. The predicted molar refractivity (Wildman–Crippen MR) is 26.6 cm³/mol. The quantitative estimate of drug-likeness (QED) is 0.467. The zero-order chi connectivity index (χ0) is 5.11. The van der Waals surface area contributed by atoms with Gasteiger partial charge in [0.15, 0.2) is 5.75 Å². The lowest BCUT2D eigenvalue weighted by Gasteiger charge is -1.77. The van der Waals surface area contributed by atoms with Crippen molar-refractivity contribution in [1.82, 2.24) is 0 Å². The van der Waals surface area contributed by atoms with E-state index in [-0.39, 0.29) is 5.75 Å². The first-order valence-electron chi connectivity index (χ1n) is 2.11. The molecule has 0 unspecified atom stereocenters. The third-order valence-corrected chi connectivity index (χ3v) is 0.743. The van der Waals surface area contributed by atoms with E-state index in [1.165, 1.54) is 12.1 Å². The summed E-state index contributed by atoms with van der Waals surface area (Å²) in [6.45, 7) is 0. The van der Waals surface area contributed by atoms with Gasteiger partial charge in [-0.1, -0.05) is 18.2 Å². The Hall–Kier alpha value is -0.980. The summed E-state index contributed by atoms with van der Waals surface area (Å²) in [5.41, 5.74) is 0. The van der Waals surface area contributed by atoms with Crippen LogP contribution in [0.5, 0.6) is 5.75 Å². The lowest BCUT2D eigenvalue weighted by molar-refractivity contribution is 0.355. The summed E-state index contributed by atoms with van der Waals surface area (Å²) in [5.74, 6) is 0.0718. The van der Waals surface area contributed by atoms with E-state index in [1.807, 2.05) is 6.07 Å². The van der Waals surface area contributed by atoms with Crippen LogP contribution in [0.25, 0.3) is 0 Å². The molecule has 1 aromatic rings. The van der Waals surface area contributed by atoms with Crippen LogP contribution in [0.2, 0.25) is 0 Å². The third kappa shape index (κ3) is 0.929. The first kappa shape index (κ1) is 4.19. The molecule has 0 saturated heterocycles. The number of hydrogen-bond acceptors (Lipinski definition) is 0. The van der Waals surface area contributed by atoms with E-state index in [0.717, 1.165) is 0 Å². The Morgan fingerprint density at radius 2 is 1.57 bits per heavy atom. The maximum Gasteiger partial charge on any atom is 0.178 e. The van der Waals surface area contributed by atoms with Gasteiger partial charge in [0, 0.05) is 0 Å². The molecule has 0 aromatic heterocycles. The third-order valence-electron chi connectivity index (χ3n) is 0.743. The molecule has 0 atom stereocenters. The molecule has 0 aliphatic rings. The van der Waals surface area contributed by atoms with E-state index in [4.69, 9.17) is 0 Å². The monoisotopic (exact) mass is 94.0 g/mol. The molecule has 0 fully saturated rings. The summed E-state index contributed by atoms with van der Waals surface area (Å²) in [4.78, 5) is 0. The van der Waals surface area contributed by atoms with Gasteiger partial charge in [-0.3, -0.25) is 5.11 Å². The highest BCUT2D eigenvalue weighted by Gasteiger charge is 1.78. The number of para-hydroxylation sites is 1. The standard InChI is InChI=1S/C6H5O/c7-6-4-2-1-3-5-6/h1-5H/i6+1. The largest absolute Gasteiger partial charge is 0.290 e. The van der Waals surface area contributed by atoms with Crippen molar-refractivity contribution in [3.05, 3.63) is 30.3 Å². The van der Waals surface area contributed by atoms with Crippen LogP contribution in [0, 0.1) is 0 Å². The minimum absolute atomic E-state index is 0.0718. The van der Waals surface area contributed by atoms with Crippen molar-refractivity contribution >= 4 is 0 Å². The summed E-state index contributed by atoms with van der Waals surface area (Å²) in [5, 5.41) is 10.3. The second-order valence-electron chi connectivity index (χ2n) is 1.31. The molecule has 0 bridgehead atoms.